The number of aromatic nitrogens is 1. The van der Waals surface area contributed by atoms with Gasteiger partial charge < -0.3 is 21.3 Å². The van der Waals surface area contributed by atoms with Crippen LogP contribution in [-0.2, 0) is 26.2 Å². The molecule has 3 amide bonds. The Kier molecular flexibility index (Phi) is 4.11. The van der Waals surface area contributed by atoms with Crippen LogP contribution in [0.5, 0.6) is 0 Å². The van der Waals surface area contributed by atoms with Crippen molar-refractivity contribution in [3.8, 4) is 0 Å². The molecule has 4 N–H and O–H groups in total. The number of likely N-dealkylation sites (tertiary alicyclic amines) is 1. The second-order valence-corrected chi connectivity index (χ2v) is 7.55. The first-order valence-corrected chi connectivity index (χ1v) is 9.39. The Morgan fingerprint density at radius 3 is 2.90 bits per heavy atom. The number of nitrogens with one attached hydrogen (secondary N) is 2. The van der Waals surface area contributed by atoms with Crippen molar-refractivity contribution in [2.75, 3.05) is 18.8 Å². The zero-order valence-corrected chi connectivity index (χ0v) is 15.9. The molecule has 3 atom stereocenters. The Balaban J connectivity index is 1.68. The highest BCUT2D eigenvalue weighted by Crippen LogP contribution is 2.45. The quantitative estimate of drug-likeness (QED) is 0.652. The average molecular weight is 414 g/mol. The van der Waals surface area contributed by atoms with Crippen molar-refractivity contribution in [1.82, 2.24) is 15.2 Å². The molecule has 2 aromatic rings. The largest absolute Gasteiger partial charge is 0.368 e. The van der Waals surface area contributed by atoms with Gasteiger partial charge in [0.1, 0.15) is 17.7 Å². The molecule has 8 nitrogen and oxygen atoms in total. The molecule has 1 fully saturated rings. The fourth-order valence-electron chi connectivity index (χ4n) is 4.25. The van der Waals surface area contributed by atoms with E-state index in [0.29, 0.717) is 16.9 Å². The minimum atomic E-state index is -2.67. The van der Waals surface area contributed by atoms with Gasteiger partial charge in [0.05, 0.1) is 11.5 Å². The number of carbonyl (C=O) groups excluding carboxylic acids is 3. The molecule has 1 spiro atoms. The Hall–Kier alpha value is -3.33. The zero-order chi connectivity index (χ0) is 24.0. The van der Waals surface area contributed by atoms with Crippen LogP contribution in [0, 0.1) is 5.82 Å². The Bertz CT molecular complexity index is 1110. The molecule has 3 heterocycles. The van der Waals surface area contributed by atoms with E-state index in [-0.39, 0.29) is 19.4 Å². The van der Waals surface area contributed by atoms with Crippen LogP contribution in [0.3, 0.4) is 0 Å². The number of carbonyl (C=O) groups is 3. The van der Waals surface area contributed by atoms with Gasteiger partial charge in [-0.05, 0) is 43.6 Å². The smallest absolute Gasteiger partial charge is 0.240 e. The lowest BCUT2D eigenvalue weighted by molar-refractivity contribution is -0.139. The molecule has 1 aromatic heterocycles. The number of likely N-dealkylation sites (N-methyl/N-ethyl adjacent to an activating group) is 1. The minimum Gasteiger partial charge on any atom is -0.368 e. The van der Waals surface area contributed by atoms with Gasteiger partial charge in [-0.3, -0.25) is 14.4 Å². The molecule has 1 aromatic carbocycles. The van der Waals surface area contributed by atoms with Crippen LogP contribution in [0.4, 0.5) is 10.2 Å². The van der Waals surface area contributed by atoms with Crippen molar-refractivity contribution in [2.24, 2.45) is 5.73 Å². The fraction of sp³-hybridized carbons (Fsp3) is 0.333. The lowest BCUT2D eigenvalue weighted by Crippen LogP contribution is -2.52. The van der Waals surface area contributed by atoms with Gasteiger partial charge in [0.15, 0.2) is 0 Å². The van der Waals surface area contributed by atoms with E-state index >= 15 is 0 Å². The average Bonchev–Trinajstić information content (AvgIpc) is 3.27. The predicted molar refractivity (Wildman–Crippen MR) is 107 cm³/mol. The number of pyridine rings is 1. The summed E-state index contributed by atoms with van der Waals surface area (Å²) in [6.45, 7) is -2.83. The molecule has 0 saturated carbocycles. The molecule has 156 valence electrons. The lowest BCUT2D eigenvalue weighted by Gasteiger charge is -2.28. The van der Waals surface area contributed by atoms with Crippen LogP contribution in [0.25, 0.3) is 0 Å². The van der Waals surface area contributed by atoms with E-state index in [0.717, 1.165) is 4.90 Å². The second kappa shape index (κ2) is 7.49. The molecule has 2 aliphatic heterocycles. The zero-order valence-electron chi connectivity index (χ0n) is 18.9. The van der Waals surface area contributed by atoms with Gasteiger partial charge in [-0.2, -0.15) is 0 Å². The number of benzene rings is 1. The van der Waals surface area contributed by atoms with Crippen molar-refractivity contribution < 1.29 is 22.9 Å². The summed E-state index contributed by atoms with van der Waals surface area (Å²) in [5.41, 5.74) is 5.43. The number of anilines is 1. The van der Waals surface area contributed by atoms with Gasteiger partial charge in [-0.15, -0.1) is 0 Å². The van der Waals surface area contributed by atoms with Gasteiger partial charge >= 0.3 is 0 Å². The van der Waals surface area contributed by atoms with E-state index in [2.05, 4.69) is 15.6 Å². The highest BCUT2D eigenvalue weighted by atomic mass is 19.1. The number of nitrogens with two attached hydrogens (primary N) is 1. The van der Waals surface area contributed by atoms with Crippen molar-refractivity contribution in [2.45, 2.75) is 30.3 Å². The third kappa shape index (κ3) is 3.21. The number of nitrogens with zero attached hydrogens (tertiary/aromatic N) is 2. The third-order valence-corrected chi connectivity index (χ3v) is 5.79. The third-order valence-electron chi connectivity index (χ3n) is 5.79. The van der Waals surface area contributed by atoms with Gasteiger partial charge in [-0.25, -0.2) is 9.37 Å². The summed E-state index contributed by atoms with van der Waals surface area (Å²) in [5.74, 6) is -2.03. The first-order valence-electron chi connectivity index (χ1n) is 10.9. The first-order chi connectivity index (χ1) is 15.5. The number of hydrogen-bond acceptors (Lipinski definition) is 5. The molecule has 4 rings (SSSR count). The maximum absolute atomic E-state index is 13.6. The number of fused-ring (bicyclic) bond motifs is 2. The SMILES string of the molecule is [2H]C([2H])([2H])N[C@@H](Cc1ccc(F)cc1)C(=O)N1CC2(CC1C(N)=O)C(=O)Nc1ncccc12. The normalized spacial score (nSPS) is 25.2. The summed E-state index contributed by atoms with van der Waals surface area (Å²) in [5, 5.41) is 5.00. The number of halogens is 1. The predicted octanol–water partition coefficient (Wildman–Crippen LogP) is 0.328. The highest BCUT2D eigenvalue weighted by molar-refractivity contribution is 6.07. The first kappa shape index (κ1) is 16.5. The monoisotopic (exact) mass is 414 g/mol. The van der Waals surface area contributed by atoms with Gasteiger partial charge in [-0.1, -0.05) is 18.2 Å². The molecule has 0 aliphatic carbocycles. The standard InChI is InChI=1S/C21H22FN5O3/c1-24-15(9-12-4-6-13(22)7-5-12)19(29)27-11-21(10-16(27)17(23)28)14-3-2-8-25-18(14)26-20(21)30/h2-8,15-16,24H,9-11H2,1H3,(H2,23,28)(H,25,26,30)/t15-,16?,21?/m0/s1/i1D3. The Morgan fingerprint density at radius 1 is 1.43 bits per heavy atom. The van der Waals surface area contributed by atoms with E-state index in [4.69, 9.17) is 9.85 Å². The summed E-state index contributed by atoms with van der Waals surface area (Å²) in [6.07, 6.45) is 1.40. The van der Waals surface area contributed by atoms with E-state index in [1.54, 1.807) is 12.1 Å². The molecule has 0 radical (unpaired) electrons. The van der Waals surface area contributed by atoms with Crippen LogP contribution < -0.4 is 16.4 Å². The number of rotatable bonds is 5. The van der Waals surface area contributed by atoms with Crippen LogP contribution in [0.2, 0.25) is 0 Å². The summed E-state index contributed by atoms with van der Waals surface area (Å²) >= 11 is 0. The van der Waals surface area contributed by atoms with Crippen LogP contribution >= 0.6 is 0 Å². The van der Waals surface area contributed by atoms with E-state index in [1.165, 1.54) is 30.5 Å². The maximum Gasteiger partial charge on any atom is 0.240 e. The fourth-order valence-corrected chi connectivity index (χ4v) is 4.25. The number of primary amides is 1. The molecule has 1 saturated heterocycles. The number of amides is 3. The summed E-state index contributed by atoms with van der Waals surface area (Å²) in [6, 6.07) is 6.26. The van der Waals surface area contributed by atoms with E-state index in [9.17, 15) is 18.8 Å². The summed E-state index contributed by atoms with van der Waals surface area (Å²) in [4.78, 5) is 44.1. The van der Waals surface area contributed by atoms with Crippen molar-refractivity contribution in [3.63, 3.8) is 0 Å². The van der Waals surface area contributed by atoms with E-state index in [1.807, 2.05) is 0 Å². The molecule has 9 heteroatoms. The van der Waals surface area contributed by atoms with Crippen molar-refractivity contribution in [3.05, 3.63) is 59.5 Å². The molecular formula is C21H22FN5O3. The number of hydrogen-bond donors (Lipinski definition) is 3. The van der Waals surface area contributed by atoms with Crippen molar-refractivity contribution >= 4 is 23.5 Å². The molecular weight excluding hydrogens is 389 g/mol. The Morgan fingerprint density at radius 2 is 2.20 bits per heavy atom. The van der Waals surface area contributed by atoms with E-state index < -0.39 is 48.0 Å². The van der Waals surface area contributed by atoms with Gasteiger partial charge in [0.2, 0.25) is 17.7 Å². The van der Waals surface area contributed by atoms with Crippen LogP contribution in [0.15, 0.2) is 42.6 Å². The summed E-state index contributed by atoms with van der Waals surface area (Å²) < 4.78 is 36.0. The Labute approximate surface area is 176 Å². The summed E-state index contributed by atoms with van der Waals surface area (Å²) in [7, 11) is 0. The lowest BCUT2D eigenvalue weighted by atomic mass is 9.80. The molecule has 30 heavy (non-hydrogen) atoms. The second-order valence-electron chi connectivity index (χ2n) is 7.55. The maximum atomic E-state index is 13.6. The van der Waals surface area contributed by atoms with Crippen LogP contribution in [0.1, 0.15) is 21.7 Å². The van der Waals surface area contributed by atoms with Gasteiger partial charge in [0.25, 0.3) is 0 Å². The van der Waals surface area contributed by atoms with Crippen LogP contribution in [-0.4, -0.2) is 53.2 Å². The highest BCUT2D eigenvalue weighted by Gasteiger charge is 2.57. The topological polar surface area (TPSA) is 117 Å². The minimum absolute atomic E-state index is 0.0460. The molecule has 0 bridgehead atoms. The van der Waals surface area contributed by atoms with Crippen molar-refractivity contribution in [1.29, 1.82) is 0 Å². The van der Waals surface area contributed by atoms with Gasteiger partial charge in [0, 0.05) is 22.4 Å². The molecule has 2 aliphatic rings. The molecule has 2 unspecified atom stereocenters.